The number of phenols is 1. The standard InChI is InChI=1S/C20H19NO6/c1-12-17(20(24)26-3)15(10-13-6-4-8-16(25-2)18(13)22)19(23)21(12)11-14-7-5-9-27-14/h4-10,22H,11H2,1-3H3/b15-10-. The highest BCUT2D eigenvalue weighted by Crippen LogP contribution is 2.36. The van der Waals surface area contributed by atoms with E-state index in [9.17, 15) is 14.7 Å². The van der Waals surface area contributed by atoms with Crippen molar-refractivity contribution in [2.24, 2.45) is 0 Å². The van der Waals surface area contributed by atoms with E-state index in [0.717, 1.165) is 0 Å². The van der Waals surface area contributed by atoms with Crippen LogP contribution in [0.15, 0.2) is 57.9 Å². The van der Waals surface area contributed by atoms with Crippen molar-refractivity contribution in [3.63, 3.8) is 0 Å². The number of hydrogen-bond acceptors (Lipinski definition) is 6. The number of carbonyl (C=O) groups is 2. The molecule has 1 aliphatic rings. The lowest BCUT2D eigenvalue weighted by atomic mass is 10.0. The molecule has 0 unspecified atom stereocenters. The van der Waals surface area contributed by atoms with Gasteiger partial charge >= 0.3 is 5.97 Å². The SMILES string of the molecule is COC(=O)C1=C(C)N(Cc2ccco2)C(=O)/C1=C\c1cccc(OC)c1O. The van der Waals surface area contributed by atoms with Gasteiger partial charge in [0, 0.05) is 11.3 Å². The molecule has 0 fully saturated rings. The molecule has 7 heteroatoms. The Kier molecular flexibility index (Phi) is 5.03. The second kappa shape index (κ2) is 7.41. The van der Waals surface area contributed by atoms with Gasteiger partial charge in [-0.3, -0.25) is 4.79 Å². The van der Waals surface area contributed by atoms with E-state index in [-0.39, 0.29) is 35.1 Å². The van der Waals surface area contributed by atoms with E-state index in [4.69, 9.17) is 13.9 Å². The summed E-state index contributed by atoms with van der Waals surface area (Å²) >= 11 is 0. The van der Waals surface area contributed by atoms with Crippen LogP contribution in [0, 0.1) is 0 Å². The minimum atomic E-state index is -0.628. The number of phenolic OH excluding ortho intramolecular Hbond substituents is 1. The molecule has 0 saturated carbocycles. The summed E-state index contributed by atoms with van der Waals surface area (Å²) in [6, 6.07) is 8.37. The van der Waals surface area contributed by atoms with Crippen LogP contribution < -0.4 is 4.74 Å². The molecular weight excluding hydrogens is 350 g/mol. The maximum Gasteiger partial charge on any atom is 0.340 e. The summed E-state index contributed by atoms with van der Waals surface area (Å²) in [6.07, 6.45) is 2.97. The van der Waals surface area contributed by atoms with E-state index < -0.39 is 5.97 Å². The van der Waals surface area contributed by atoms with Crippen LogP contribution >= 0.6 is 0 Å². The Labute approximate surface area is 156 Å². The molecule has 0 aliphatic carbocycles. The van der Waals surface area contributed by atoms with Crippen molar-refractivity contribution in [1.82, 2.24) is 4.90 Å². The normalized spacial score (nSPS) is 15.6. The Morgan fingerprint density at radius 3 is 2.67 bits per heavy atom. The van der Waals surface area contributed by atoms with Crippen molar-refractivity contribution in [3.05, 3.63) is 64.8 Å². The topological polar surface area (TPSA) is 89.2 Å². The monoisotopic (exact) mass is 369 g/mol. The number of esters is 1. The molecule has 1 N–H and O–H groups in total. The maximum atomic E-state index is 13.0. The third kappa shape index (κ3) is 3.31. The first-order valence-electron chi connectivity index (χ1n) is 8.19. The number of hydrogen-bond donors (Lipinski definition) is 1. The van der Waals surface area contributed by atoms with Gasteiger partial charge < -0.3 is 23.9 Å². The van der Waals surface area contributed by atoms with E-state index in [1.54, 1.807) is 37.3 Å². The maximum absolute atomic E-state index is 13.0. The Balaban J connectivity index is 2.08. The average molecular weight is 369 g/mol. The molecule has 0 atom stereocenters. The van der Waals surface area contributed by atoms with Gasteiger partial charge in [-0.2, -0.15) is 0 Å². The van der Waals surface area contributed by atoms with Crippen molar-refractivity contribution in [2.75, 3.05) is 14.2 Å². The first-order valence-corrected chi connectivity index (χ1v) is 8.19. The Morgan fingerprint density at radius 1 is 1.26 bits per heavy atom. The predicted octanol–water partition coefficient (Wildman–Crippen LogP) is 2.87. The van der Waals surface area contributed by atoms with Gasteiger partial charge in [0.2, 0.25) is 0 Å². The van der Waals surface area contributed by atoms with Gasteiger partial charge in [0.1, 0.15) is 5.76 Å². The number of aromatic hydroxyl groups is 1. The van der Waals surface area contributed by atoms with E-state index >= 15 is 0 Å². The van der Waals surface area contributed by atoms with Crippen molar-refractivity contribution in [3.8, 4) is 11.5 Å². The van der Waals surface area contributed by atoms with Crippen LogP contribution in [-0.2, 0) is 20.9 Å². The number of benzene rings is 1. The van der Waals surface area contributed by atoms with Crippen molar-refractivity contribution in [2.45, 2.75) is 13.5 Å². The van der Waals surface area contributed by atoms with E-state index in [1.165, 1.54) is 31.5 Å². The van der Waals surface area contributed by atoms with E-state index in [1.807, 2.05) is 0 Å². The largest absolute Gasteiger partial charge is 0.504 e. The molecule has 140 valence electrons. The fourth-order valence-electron chi connectivity index (χ4n) is 2.95. The summed E-state index contributed by atoms with van der Waals surface area (Å²) in [6.45, 7) is 1.85. The average Bonchev–Trinajstić information content (AvgIpc) is 3.26. The summed E-state index contributed by atoms with van der Waals surface area (Å²) < 4.78 is 15.3. The van der Waals surface area contributed by atoms with Crippen LogP contribution in [0.5, 0.6) is 11.5 Å². The summed E-state index contributed by atoms with van der Waals surface area (Å²) in [5.41, 5.74) is 1.09. The lowest BCUT2D eigenvalue weighted by molar-refractivity contribution is -0.136. The van der Waals surface area contributed by atoms with Gasteiger partial charge in [-0.1, -0.05) is 12.1 Å². The zero-order valence-electron chi connectivity index (χ0n) is 15.2. The number of amides is 1. The molecule has 0 saturated heterocycles. The molecule has 1 aromatic heterocycles. The second-order valence-electron chi connectivity index (χ2n) is 5.88. The summed E-state index contributed by atoms with van der Waals surface area (Å²) in [4.78, 5) is 26.8. The zero-order valence-corrected chi connectivity index (χ0v) is 15.2. The molecule has 1 aliphatic heterocycles. The van der Waals surface area contributed by atoms with Crippen LogP contribution in [0.25, 0.3) is 6.08 Å². The number of carbonyl (C=O) groups excluding carboxylic acids is 2. The quantitative estimate of drug-likeness (QED) is 0.644. The fourth-order valence-corrected chi connectivity index (χ4v) is 2.95. The third-order valence-corrected chi connectivity index (χ3v) is 4.35. The van der Waals surface area contributed by atoms with Crippen LogP contribution in [0.4, 0.5) is 0 Å². The van der Waals surface area contributed by atoms with Gasteiger partial charge in [-0.25, -0.2) is 4.79 Å². The van der Waals surface area contributed by atoms with Crippen LogP contribution in [-0.4, -0.2) is 36.1 Å². The van der Waals surface area contributed by atoms with E-state index in [2.05, 4.69) is 0 Å². The van der Waals surface area contributed by atoms with Gasteiger partial charge in [0.15, 0.2) is 11.5 Å². The first-order chi connectivity index (χ1) is 13.0. The number of furan rings is 1. The highest BCUT2D eigenvalue weighted by atomic mass is 16.5. The highest BCUT2D eigenvalue weighted by Gasteiger charge is 2.37. The molecule has 3 rings (SSSR count). The van der Waals surface area contributed by atoms with Crippen molar-refractivity contribution < 1.29 is 28.6 Å². The lowest BCUT2D eigenvalue weighted by Crippen LogP contribution is -2.24. The van der Waals surface area contributed by atoms with Gasteiger partial charge in [-0.05, 0) is 31.2 Å². The molecule has 7 nitrogen and oxygen atoms in total. The van der Waals surface area contributed by atoms with Crippen LogP contribution in [0.2, 0.25) is 0 Å². The third-order valence-electron chi connectivity index (χ3n) is 4.35. The number of allylic oxidation sites excluding steroid dienone is 1. The molecule has 2 aromatic rings. The van der Waals surface area contributed by atoms with Crippen LogP contribution in [0.1, 0.15) is 18.2 Å². The van der Waals surface area contributed by atoms with Crippen LogP contribution in [0.3, 0.4) is 0 Å². The van der Waals surface area contributed by atoms with E-state index in [0.29, 0.717) is 17.0 Å². The Bertz CT molecular complexity index is 939. The Morgan fingerprint density at radius 2 is 2.04 bits per heavy atom. The second-order valence-corrected chi connectivity index (χ2v) is 5.88. The number of rotatable bonds is 5. The molecular formula is C20H19NO6. The van der Waals surface area contributed by atoms with Crippen molar-refractivity contribution in [1.29, 1.82) is 0 Å². The number of ether oxygens (including phenoxy) is 2. The molecule has 0 bridgehead atoms. The molecule has 1 amide bonds. The minimum absolute atomic E-state index is 0.119. The lowest BCUT2D eigenvalue weighted by Gasteiger charge is -2.16. The number of methoxy groups -OCH3 is 2. The predicted molar refractivity (Wildman–Crippen MR) is 96.6 cm³/mol. The smallest absolute Gasteiger partial charge is 0.340 e. The Hall–Kier alpha value is -3.48. The van der Waals surface area contributed by atoms with Crippen molar-refractivity contribution >= 4 is 18.0 Å². The minimum Gasteiger partial charge on any atom is -0.504 e. The summed E-state index contributed by atoms with van der Waals surface area (Å²) in [5.74, 6) is -0.283. The fraction of sp³-hybridized carbons (Fsp3) is 0.200. The highest BCUT2D eigenvalue weighted by molar-refractivity contribution is 6.16. The summed E-state index contributed by atoms with van der Waals surface area (Å²) in [5, 5.41) is 10.3. The molecule has 0 spiro atoms. The molecule has 2 heterocycles. The number of nitrogens with zero attached hydrogens (tertiary/aromatic N) is 1. The molecule has 1 aromatic carbocycles. The first kappa shape index (κ1) is 18.3. The van der Waals surface area contributed by atoms with Gasteiger partial charge in [0.25, 0.3) is 5.91 Å². The van der Waals surface area contributed by atoms with Gasteiger partial charge in [-0.15, -0.1) is 0 Å². The zero-order chi connectivity index (χ0) is 19.6. The van der Waals surface area contributed by atoms with Gasteiger partial charge in [0.05, 0.1) is 38.2 Å². The number of para-hydroxylation sites is 1. The summed E-state index contributed by atoms with van der Waals surface area (Å²) in [7, 11) is 2.69. The molecule has 27 heavy (non-hydrogen) atoms. The molecule has 0 radical (unpaired) electrons.